The smallest absolute Gasteiger partial charge is 0.242 e. The van der Waals surface area contributed by atoms with Gasteiger partial charge in [-0.3, -0.25) is 10.1 Å². The van der Waals surface area contributed by atoms with Crippen molar-refractivity contribution < 1.29 is 9.53 Å². The maximum atomic E-state index is 11.9. The van der Waals surface area contributed by atoms with E-state index in [1.165, 1.54) is 0 Å². The highest BCUT2D eigenvalue weighted by Crippen LogP contribution is 2.34. The molecule has 1 aromatic carbocycles. The quantitative estimate of drug-likeness (QED) is 0.829. The first-order valence-electron chi connectivity index (χ1n) is 6.20. The lowest BCUT2D eigenvalue weighted by molar-refractivity contribution is -0.124. The van der Waals surface area contributed by atoms with E-state index in [2.05, 4.69) is 5.32 Å². The molecule has 0 saturated heterocycles. The number of methoxy groups -OCH3 is 1. The van der Waals surface area contributed by atoms with Crippen molar-refractivity contribution in [2.24, 2.45) is 5.73 Å². The number of nitrogens with one attached hydrogen (secondary N) is 1. The molecule has 98 valence electrons. The Balaban J connectivity index is 2.46. The lowest BCUT2D eigenvalue weighted by Crippen LogP contribution is -2.51. The minimum atomic E-state index is -0.876. The summed E-state index contributed by atoms with van der Waals surface area (Å²) in [6.45, 7) is 3.81. The molecular weight excluding hydrogens is 228 g/mol. The Hall–Kier alpha value is -1.55. The third-order valence-corrected chi connectivity index (χ3v) is 3.46. The zero-order chi connectivity index (χ0) is 13.3. The van der Waals surface area contributed by atoms with E-state index in [4.69, 9.17) is 10.5 Å². The number of primary amides is 1. The average molecular weight is 248 g/mol. The molecule has 0 spiro atoms. The first-order valence-corrected chi connectivity index (χ1v) is 6.20. The minimum absolute atomic E-state index is 0.377. The summed E-state index contributed by atoms with van der Waals surface area (Å²) in [5, 5.41) is 3.33. The van der Waals surface area contributed by atoms with E-state index in [0.717, 1.165) is 24.0 Å². The van der Waals surface area contributed by atoms with Crippen molar-refractivity contribution in [1.82, 2.24) is 5.32 Å². The van der Waals surface area contributed by atoms with Gasteiger partial charge < -0.3 is 10.5 Å². The third kappa shape index (κ3) is 2.34. The monoisotopic (exact) mass is 248 g/mol. The maximum absolute atomic E-state index is 11.9. The molecule has 4 heteroatoms. The van der Waals surface area contributed by atoms with Gasteiger partial charge in [0.15, 0.2) is 0 Å². The van der Waals surface area contributed by atoms with Gasteiger partial charge in [-0.05, 0) is 38.8 Å². The van der Waals surface area contributed by atoms with Crippen molar-refractivity contribution in [3.63, 3.8) is 0 Å². The van der Waals surface area contributed by atoms with Gasteiger partial charge in [0.2, 0.25) is 5.91 Å². The summed E-state index contributed by atoms with van der Waals surface area (Å²) >= 11 is 0. The van der Waals surface area contributed by atoms with Gasteiger partial charge in [-0.25, -0.2) is 0 Å². The van der Waals surface area contributed by atoms with Gasteiger partial charge in [-0.15, -0.1) is 0 Å². The van der Waals surface area contributed by atoms with Crippen molar-refractivity contribution in [1.29, 1.82) is 0 Å². The highest BCUT2D eigenvalue weighted by atomic mass is 16.5. The number of carbonyl (C=O) groups is 1. The second-order valence-electron chi connectivity index (χ2n) is 5.11. The second kappa shape index (κ2) is 4.61. The topological polar surface area (TPSA) is 64.3 Å². The molecule has 4 nitrogen and oxygen atoms in total. The fraction of sp³-hybridized carbons (Fsp3) is 0.500. The summed E-state index contributed by atoms with van der Waals surface area (Å²) in [5.41, 5.74) is 6.61. The molecule has 1 aromatic rings. The molecule has 1 aliphatic rings. The molecule has 1 fully saturated rings. The number of carbonyl (C=O) groups excluding carboxylic acids is 1. The van der Waals surface area contributed by atoms with Gasteiger partial charge in [0, 0.05) is 11.6 Å². The van der Waals surface area contributed by atoms with Crippen LogP contribution in [-0.2, 0) is 10.3 Å². The normalized spacial score (nSPS) is 18.2. The SMILES string of the molecule is COc1ccc(C)cc1C(C)(NC1CC1)C(N)=O. The zero-order valence-electron chi connectivity index (χ0n) is 11.1. The number of hydrogen-bond donors (Lipinski definition) is 2. The maximum Gasteiger partial charge on any atom is 0.242 e. The van der Waals surface area contributed by atoms with E-state index >= 15 is 0 Å². The number of ether oxygens (including phenoxy) is 1. The van der Waals surface area contributed by atoms with E-state index in [-0.39, 0.29) is 5.91 Å². The fourth-order valence-corrected chi connectivity index (χ4v) is 2.13. The van der Waals surface area contributed by atoms with E-state index < -0.39 is 5.54 Å². The van der Waals surface area contributed by atoms with Crippen LogP contribution in [0.2, 0.25) is 0 Å². The van der Waals surface area contributed by atoms with Crippen LogP contribution in [0, 0.1) is 6.92 Å². The van der Waals surface area contributed by atoms with Gasteiger partial charge in [0.05, 0.1) is 7.11 Å². The summed E-state index contributed by atoms with van der Waals surface area (Å²) in [6.07, 6.45) is 2.19. The fourth-order valence-electron chi connectivity index (χ4n) is 2.13. The molecule has 3 N–H and O–H groups in total. The molecule has 0 aliphatic heterocycles. The Morgan fingerprint density at radius 1 is 1.50 bits per heavy atom. The number of benzene rings is 1. The number of rotatable bonds is 5. The second-order valence-corrected chi connectivity index (χ2v) is 5.11. The predicted octanol–water partition coefficient (Wildman–Crippen LogP) is 1.46. The summed E-state index contributed by atoms with van der Waals surface area (Å²) in [4.78, 5) is 11.9. The Kier molecular flexibility index (Phi) is 3.30. The summed E-state index contributed by atoms with van der Waals surface area (Å²) in [6, 6.07) is 6.17. The first-order chi connectivity index (χ1) is 8.47. The molecule has 0 aromatic heterocycles. The van der Waals surface area contributed by atoms with Crippen LogP contribution in [0.15, 0.2) is 18.2 Å². The Morgan fingerprint density at radius 3 is 2.67 bits per heavy atom. The molecule has 1 saturated carbocycles. The molecule has 0 radical (unpaired) electrons. The summed E-state index contributed by atoms with van der Waals surface area (Å²) < 4.78 is 5.35. The van der Waals surface area contributed by atoms with Crippen LogP contribution in [-0.4, -0.2) is 19.1 Å². The highest BCUT2D eigenvalue weighted by Gasteiger charge is 2.40. The van der Waals surface area contributed by atoms with Crippen LogP contribution in [0.5, 0.6) is 5.75 Å². The van der Waals surface area contributed by atoms with Crippen LogP contribution < -0.4 is 15.8 Å². The molecule has 1 unspecified atom stereocenters. The van der Waals surface area contributed by atoms with Gasteiger partial charge in [-0.2, -0.15) is 0 Å². The van der Waals surface area contributed by atoms with E-state index in [1.54, 1.807) is 7.11 Å². The van der Waals surface area contributed by atoms with E-state index in [0.29, 0.717) is 11.8 Å². The number of nitrogens with two attached hydrogens (primary N) is 1. The molecule has 1 amide bonds. The largest absolute Gasteiger partial charge is 0.496 e. The van der Waals surface area contributed by atoms with Crippen LogP contribution in [0.3, 0.4) is 0 Å². The van der Waals surface area contributed by atoms with Crippen molar-refractivity contribution in [3.8, 4) is 5.75 Å². The van der Waals surface area contributed by atoms with Gasteiger partial charge >= 0.3 is 0 Å². The van der Waals surface area contributed by atoms with Gasteiger partial charge in [0.1, 0.15) is 11.3 Å². The standard InChI is InChI=1S/C14H20N2O2/c1-9-4-7-12(18-3)11(8-9)14(2,13(15)17)16-10-5-6-10/h4,7-8,10,16H,5-6H2,1-3H3,(H2,15,17). The van der Waals surface area contributed by atoms with Crippen LogP contribution in [0.25, 0.3) is 0 Å². The minimum Gasteiger partial charge on any atom is -0.496 e. The molecule has 1 aliphatic carbocycles. The predicted molar refractivity (Wildman–Crippen MR) is 70.4 cm³/mol. The number of hydrogen-bond acceptors (Lipinski definition) is 3. The number of aryl methyl sites for hydroxylation is 1. The lowest BCUT2D eigenvalue weighted by Gasteiger charge is -2.30. The van der Waals surface area contributed by atoms with Crippen molar-refractivity contribution in [2.75, 3.05) is 7.11 Å². The summed E-state index contributed by atoms with van der Waals surface area (Å²) in [7, 11) is 1.60. The molecule has 1 atom stereocenters. The van der Waals surface area contributed by atoms with E-state index in [9.17, 15) is 4.79 Å². The highest BCUT2D eigenvalue weighted by molar-refractivity contribution is 5.86. The van der Waals surface area contributed by atoms with Crippen LogP contribution >= 0.6 is 0 Å². The Labute approximate surface area is 108 Å². The van der Waals surface area contributed by atoms with Crippen LogP contribution in [0.4, 0.5) is 0 Å². The average Bonchev–Trinajstić information content (AvgIpc) is 3.12. The van der Waals surface area contributed by atoms with Crippen LogP contribution in [0.1, 0.15) is 30.9 Å². The molecule has 0 bridgehead atoms. The Bertz CT molecular complexity index is 469. The Morgan fingerprint density at radius 2 is 2.17 bits per heavy atom. The van der Waals surface area contributed by atoms with Gasteiger partial charge in [-0.1, -0.05) is 11.6 Å². The van der Waals surface area contributed by atoms with Crippen molar-refractivity contribution >= 4 is 5.91 Å². The van der Waals surface area contributed by atoms with E-state index in [1.807, 2.05) is 32.0 Å². The first kappa shape index (κ1) is 12.9. The summed E-state index contributed by atoms with van der Waals surface area (Å²) in [5.74, 6) is 0.313. The number of amides is 1. The third-order valence-electron chi connectivity index (χ3n) is 3.46. The van der Waals surface area contributed by atoms with Crippen molar-refractivity contribution in [2.45, 2.75) is 38.3 Å². The molecule has 2 rings (SSSR count). The van der Waals surface area contributed by atoms with Gasteiger partial charge in [0.25, 0.3) is 0 Å². The lowest BCUT2D eigenvalue weighted by atomic mass is 9.89. The zero-order valence-corrected chi connectivity index (χ0v) is 11.1. The molecule has 18 heavy (non-hydrogen) atoms. The molecule has 0 heterocycles. The molecular formula is C14H20N2O2. The van der Waals surface area contributed by atoms with Crippen molar-refractivity contribution in [3.05, 3.63) is 29.3 Å².